The zero-order valence-corrected chi connectivity index (χ0v) is 59.3. The number of carbonyl (C=O) groups is 3. The Hall–Kier alpha value is -6.13. The monoisotopic (exact) mass is 1280 g/mol. The van der Waals surface area contributed by atoms with Crippen molar-refractivity contribution in [3.8, 4) is 0 Å². The van der Waals surface area contributed by atoms with Gasteiger partial charge in [-0.05, 0) is 148 Å². The molecular weight excluding hydrogens is 1150 g/mol. The van der Waals surface area contributed by atoms with Crippen LogP contribution in [-0.2, 0) is 33.3 Å². The quantitative estimate of drug-likeness (QED) is 0.0211. The third-order valence-electron chi connectivity index (χ3n) is 14.5. The Morgan fingerprint density at radius 1 is 0.323 bits per heavy atom. The SMILES string of the molecule is CC/C=C\C/C=C\C/C=C\C/C=C\C/C=C\C/C=C\C/C=C\C/C=C\C/C=C\C/C=C\CCCCCCC(=O)OC(COC(=O)CCCCCCCCCCCCC/C=C\C/C=C\C/C=C\C/C=C\C/C=C\C/C=C\C/C=C\CC)COC(OCC[N+](C)(C)C)C(=O)O. The Labute approximate surface area is 569 Å². The van der Waals surface area contributed by atoms with Crippen LogP contribution in [0.15, 0.2) is 207 Å². The van der Waals surface area contributed by atoms with E-state index in [1.54, 1.807) is 0 Å². The number of ether oxygens (including phenoxy) is 4. The smallest absolute Gasteiger partial charge is 0.361 e. The van der Waals surface area contributed by atoms with E-state index in [1.807, 2.05) is 21.1 Å². The highest BCUT2D eigenvalue weighted by Crippen LogP contribution is 2.15. The highest BCUT2D eigenvalue weighted by Gasteiger charge is 2.25. The number of hydrogen-bond acceptors (Lipinski definition) is 7. The summed E-state index contributed by atoms with van der Waals surface area (Å²) in [6.07, 6.45) is 109. The van der Waals surface area contributed by atoms with Crippen LogP contribution < -0.4 is 0 Å². The second-order valence-electron chi connectivity index (χ2n) is 24.4. The Morgan fingerprint density at radius 3 is 0.860 bits per heavy atom. The number of esters is 2. The number of quaternary nitrogens is 1. The van der Waals surface area contributed by atoms with Crippen LogP contribution in [-0.4, -0.2) is 87.4 Å². The molecule has 9 nitrogen and oxygen atoms in total. The topological polar surface area (TPSA) is 108 Å². The van der Waals surface area contributed by atoms with Crippen LogP contribution in [0, 0.1) is 0 Å². The van der Waals surface area contributed by atoms with Crippen molar-refractivity contribution in [3.05, 3.63) is 207 Å². The van der Waals surface area contributed by atoms with Gasteiger partial charge in [0.25, 0.3) is 6.29 Å². The van der Waals surface area contributed by atoms with E-state index in [4.69, 9.17) is 18.9 Å². The minimum atomic E-state index is -1.53. The number of carbonyl (C=O) groups excluding carboxylic acids is 2. The van der Waals surface area contributed by atoms with Crippen LogP contribution in [0.3, 0.4) is 0 Å². The molecule has 1 N–H and O–H groups in total. The highest BCUT2D eigenvalue weighted by atomic mass is 16.7. The van der Waals surface area contributed by atoms with Gasteiger partial charge in [-0.15, -0.1) is 0 Å². The first kappa shape index (κ1) is 86.9. The van der Waals surface area contributed by atoms with Gasteiger partial charge < -0.3 is 28.5 Å². The number of rotatable bonds is 64. The molecule has 0 amide bonds. The fourth-order valence-corrected chi connectivity index (χ4v) is 9.08. The molecule has 0 aliphatic carbocycles. The maximum Gasteiger partial charge on any atom is 0.361 e. The lowest BCUT2D eigenvalue weighted by Gasteiger charge is -2.25. The molecule has 0 saturated heterocycles. The second kappa shape index (κ2) is 71.7. The molecule has 0 aromatic rings. The van der Waals surface area contributed by atoms with Gasteiger partial charge in [0, 0.05) is 12.8 Å². The third-order valence-corrected chi connectivity index (χ3v) is 14.5. The number of allylic oxidation sites excluding steroid dienone is 34. The summed E-state index contributed by atoms with van der Waals surface area (Å²) in [5, 5.41) is 9.76. The van der Waals surface area contributed by atoms with Crippen LogP contribution in [0.25, 0.3) is 0 Å². The molecule has 93 heavy (non-hydrogen) atoms. The van der Waals surface area contributed by atoms with E-state index < -0.39 is 24.3 Å². The summed E-state index contributed by atoms with van der Waals surface area (Å²) < 4.78 is 22.9. The molecule has 0 radical (unpaired) electrons. The van der Waals surface area contributed by atoms with Gasteiger partial charge in [-0.2, -0.15) is 0 Å². The molecule has 0 rings (SSSR count). The summed E-state index contributed by atoms with van der Waals surface area (Å²) in [5.74, 6) is -2.07. The molecule has 0 aromatic heterocycles. The van der Waals surface area contributed by atoms with Crippen LogP contribution in [0.4, 0.5) is 0 Å². The number of carboxylic acid groups (broad SMARTS) is 1. The normalized spacial score (nSPS) is 13.9. The van der Waals surface area contributed by atoms with Gasteiger partial charge in [0.15, 0.2) is 6.10 Å². The zero-order chi connectivity index (χ0) is 67.5. The number of aliphatic carboxylic acids is 1. The van der Waals surface area contributed by atoms with Crippen molar-refractivity contribution in [3.63, 3.8) is 0 Å². The number of likely N-dealkylation sites (N-methyl/N-ethyl adjacent to an activating group) is 1. The minimum Gasteiger partial charge on any atom is -0.477 e. The first-order valence-corrected chi connectivity index (χ1v) is 36.2. The van der Waals surface area contributed by atoms with Crippen molar-refractivity contribution in [2.45, 2.75) is 257 Å². The molecule has 0 aliphatic rings. The van der Waals surface area contributed by atoms with E-state index in [2.05, 4.69) is 220 Å². The van der Waals surface area contributed by atoms with Crippen molar-refractivity contribution in [1.29, 1.82) is 0 Å². The fraction of sp³-hybridized carbons (Fsp3) is 0.560. The van der Waals surface area contributed by atoms with Gasteiger partial charge in [-0.25, -0.2) is 4.79 Å². The number of nitrogens with zero attached hydrogens (tertiary/aromatic N) is 1. The Morgan fingerprint density at radius 2 is 0.581 bits per heavy atom. The predicted octanol–water partition coefficient (Wildman–Crippen LogP) is 23.1. The molecule has 0 aliphatic heterocycles. The first-order chi connectivity index (χ1) is 45.6. The van der Waals surface area contributed by atoms with Crippen molar-refractivity contribution in [2.24, 2.45) is 0 Å². The second-order valence-corrected chi connectivity index (χ2v) is 24.4. The summed E-state index contributed by atoms with van der Waals surface area (Å²) in [7, 11) is 5.95. The molecule has 0 bridgehead atoms. The molecule has 0 spiro atoms. The zero-order valence-electron chi connectivity index (χ0n) is 59.3. The summed E-state index contributed by atoms with van der Waals surface area (Å²) in [4.78, 5) is 37.7. The molecule has 0 heterocycles. The van der Waals surface area contributed by atoms with Crippen LogP contribution >= 0.6 is 0 Å². The van der Waals surface area contributed by atoms with Gasteiger partial charge in [0.1, 0.15) is 13.2 Å². The average Bonchev–Trinajstić information content (AvgIpc) is 3.74. The predicted molar refractivity (Wildman–Crippen MR) is 400 cm³/mol. The Balaban J connectivity index is 4.25. The standard InChI is InChI=1S/C84H131NO8/c1-6-8-10-12-14-16-18-20-22-24-26-28-30-32-34-36-38-40-41-43-45-47-49-51-53-55-57-59-61-63-65-67-69-71-73-75-82(87)93-80(79-92-84(83(88)89)90-77-76-85(3,4)5)78-91-81(86)74-72-70-68-66-64-62-60-58-56-54-52-50-48-46-44-42-39-37-35-33-31-29-27-25-23-21-19-17-15-13-11-9-7-2/h8-11,14-17,20-23,26-29,32-35,38-40,42-43,45-46,48-49,51,55,57,61,63,80,84H,6-7,12-13,18-19,24-25,30-31,36-37,41,44,47,50,52-54,56,58-60,62,64-79H2,1-5H3/p+1/b10-8-,11-9-,16-14-,17-15-,22-20-,23-21-,28-26-,29-27-,34-32-,35-33-,40-38-,42-39-,45-43-,48-46-,51-49-,57-55-,63-61-. The van der Waals surface area contributed by atoms with Gasteiger partial charge in [0.2, 0.25) is 0 Å². The average molecular weight is 1280 g/mol. The van der Waals surface area contributed by atoms with Crippen molar-refractivity contribution >= 4 is 17.9 Å². The number of unbranched alkanes of at least 4 members (excludes halogenated alkanes) is 15. The fourth-order valence-electron chi connectivity index (χ4n) is 9.08. The lowest BCUT2D eigenvalue weighted by atomic mass is 10.0. The maximum absolute atomic E-state index is 13.0. The molecule has 9 heteroatoms. The summed E-state index contributed by atoms with van der Waals surface area (Å²) in [5.41, 5.74) is 0. The Bertz CT molecular complexity index is 2280. The lowest BCUT2D eigenvalue weighted by Crippen LogP contribution is -2.40. The molecule has 0 fully saturated rings. The summed E-state index contributed by atoms with van der Waals surface area (Å²) in [6, 6.07) is 0. The highest BCUT2D eigenvalue weighted by molar-refractivity contribution is 5.71. The third kappa shape index (κ3) is 73.1. The van der Waals surface area contributed by atoms with E-state index in [1.165, 1.54) is 44.9 Å². The molecule has 0 saturated carbocycles. The van der Waals surface area contributed by atoms with Crippen molar-refractivity contribution < 1.29 is 42.9 Å². The van der Waals surface area contributed by atoms with Crippen LogP contribution in [0.2, 0.25) is 0 Å². The molecule has 0 aromatic carbocycles. The number of carboxylic acids is 1. The van der Waals surface area contributed by atoms with Gasteiger partial charge >= 0.3 is 17.9 Å². The lowest BCUT2D eigenvalue weighted by molar-refractivity contribution is -0.870. The van der Waals surface area contributed by atoms with Crippen LogP contribution in [0.5, 0.6) is 0 Å². The summed E-state index contributed by atoms with van der Waals surface area (Å²) in [6.45, 7) is 4.59. The van der Waals surface area contributed by atoms with Gasteiger partial charge in [-0.3, -0.25) is 9.59 Å². The molecule has 2 atom stereocenters. The van der Waals surface area contributed by atoms with E-state index in [0.717, 1.165) is 167 Å². The van der Waals surface area contributed by atoms with Crippen LogP contribution in [0.1, 0.15) is 245 Å². The maximum atomic E-state index is 13.0. The Kier molecular flexibility index (Phi) is 67.0. The molecule has 2 unspecified atom stereocenters. The van der Waals surface area contributed by atoms with E-state index in [-0.39, 0.29) is 38.6 Å². The van der Waals surface area contributed by atoms with E-state index in [0.29, 0.717) is 17.4 Å². The summed E-state index contributed by atoms with van der Waals surface area (Å²) >= 11 is 0. The molecular formula is C84H132NO8+. The minimum absolute atomic E-state index is 0.170. The van der Waals surface area contributed by atoms with Gasteiger partial charge in [0.05, 0.1) is 34.4 Å². The number of hydrogen-bond donors (Lipinski definition) is 1. The first-order valence-electron chi connectivity index (χ1n) is 36.2. The van der Waals surface area contributed by atoms with E-state index >= 15 is 0 Å². The van der Waals surface area contributed by atoms with E-state index in [9.17, 15) is 19.5 Å². The molecule has 520 valence electrons. The van der Waals surface area contributed by atoms with Crippen molar-refractivity contribution in [2.75, 3.05) is 47.5 Å². The van der Waals surface area contributed by atoms with Crippen molar-refractivity contribution in [1.82, 2.24) is 0 Å². The largest absolute Gasteiger partial charge is 0.477 e. The van der Waals surface area contributed by atoms with Gasteiger partial charge in [-0.1, -0.05) is 291 Å².